The Hall–Kier alpha value is -0.920. The molecule has 1 heterocycles. The van der Waals surface area contributed by atoms with E-state index < -0.39 is 10.0 Å². The van der Waals surface area contributed by atoms with E-state index in [-0.39, 0.29) is 18.9 Å². The van der Waals surface area contributed by atoms with Crippen LogP contribution in [-0.4, -0.2) is 31.0 Å². The van der Waals surface area contributed by atoms with Crippen LogP contribution in [0, 0.1) is 6.92 Å². The number of hydrogen-bond acceptors (Lipinski definition) is 5. The third kappa shape index (κ3) is 4.73. The lowest BCUT2D eigenvalue weighted by Crippen LogP contribution is -2.25. The van der Waals surface area contributed by atoms with E-state index in [1.807, 2.05) is 0 Å². The molecule has 0 saturated carbocycles. The molecule has 0 saturated heterocycles. The van der Waals surface area contributed by atoms with Gasteiger partial charge in [-0.1, -0.05) is 5.16 Å². The summed E-state index contributed by atoms with van der Waals surface area (Å²) in [6.45, 7) is 1.89. The molecule has 1 aromatic heterocycles. The zero-order chi connectivity index (χ0) is 12.0. The van der Waals surface area contributed by atoms with Crippen LogP contribution in [0.1, 0.15) is 24.3 Å². The van der Waals surface area contributed by atoms with Gasteiger partial charge in [-0.3, -0.25) is 0 Å². The smallest absolute Gasteiger partial charge is 0.212 e. The van der Waals surface area contributed by atoms with E-state index in [4.69, 9.17) is 9.63 Å². The summed E-state index contributed by atoms with van der Waals surface area (Å²) in [5, 5.41) is 12.2. The lowest BCUT2D eigenvalue weighted by atomic mass is 10.4. The van der Waals surface area contributed by atoms with Gasteiger partial charge in [-0.25, -0.2) is 13.1 Å². The Morgan fingerprint density at radius 1 is 1.50 bits per heavy atom. The molecular weight excluding hydrogens is 232 g/mol. The van der Waals surface area contributed by atoms with Crippen LogP contribution >= 0.6 is 0 Å². The molecule has 0 aromatic carbocycles. The van der Waals surface area contributed by atoms with Crippen molar-refractivity contribution in [3.63, 3.8) is 0 Å². The molecule has 0 spiro atoms. The first-order valence-electron chi connectivity index (χ1n) is 5.04. The van der Waals surface area contributed by atoms with Gasteiger partial charge in [0, 0.05) is 12.7 Å². The second-order valence-electron chi connectivity index (χ2n) is 3.51. The molecule has 0 bridgehead atoms. The molecule has 1 rings (SSSR count). The van der Waals surface area contributed by atoms with Crippen molar-refractivity contribution < 1.29 is 18.0 Å². The highest BCUT2D eigenvalue weighted by Gasteiger charge is 2.10. The lowest BCUT2D eigenvalue weighted by Gasteiger charge is -2.03. The highest BCUT2D eigenvalue weighted by Crippen LogP contribution is 2.02. The van der Waals surface area contributed by atoms with Gasteiger partial charge in [0.25, 0.3) is 0 Å². The molecule has 92 valence electrons. The number of aliphatic hydroxyl groups excluding tert-OH is 1. The van der Waals surface area contributed by atoms with Crippen LogP contribution in [0.25, 0.3) is 0 Å². The lowest BCUT2D eigenvalue weighted by molar-refractivity contribution is 0.287. The van der Waals surface area contributed by atoms with Crippen molar-refractivity contribution in [1.82, 2.24) is 9.88 Å². The van der Waals surface area contributed by atoms with Crippen LogP contribution < -0.4 is 4.72 Å². The summed E-state index contributed by atoms with van der Waals surface area (Å²) in [5.41, 5.74) is 0.717. The van der Waals surface area contributed by atoms with Crippen LogP contribution in [0.5, 0.6) is 0 Å². The average Bonchev–Trinajstić information content (AvgIpc) is 2.62. The standard InChI is InChI=1S/C9H16N2O4S/c1-8-6-9(15-11-8)7-10-16(13,14)5-3-2-4-12/h6,10,12H,2-5,7H2,1H3. The number of nitrogens with one attached hydrogen (secondary N) is 1. The summed E-state index contributed by atoms with van der Waals surface area (Å²) < 4.78 is 30.1. The fourth-order valence-corrected chi connectivity index (χ4v) is 2.25. The van der Waals surface area contributed by atoms with Gasteiger partial charge in [0.15, 0.2) is 5.76 Å². The van der Waals surface area contributed by atoms with E-state index in [0.29, 0.717) is 18.6 Å². The summed E-state index contributed by atoms with van der Waals surface area (Å²) in [5.74, 6) is 0.504. The van der Waals surface area contributed by atoms with Crippen molar-refractivity contribution >= 4 is 10.0 Å². The summed E-state index contributed by atoms with van der Waals surface area (Å²) >= 11 is 0. The number of nitrogens with zero attached hydrogens (tertiary/aromatic N) is 1. The minimum atomic E-state index is -3.29. The van der Waals surface area contributed by atoms with Crippen molar-refractivity contribution in [2.75, 3.05) is 12.4 Å². The Morgan fingerprint density at radius 3 is 2.81 bits per heavy atom. The van der Waals surface area contributed by atoms with Gasteiger partial charge in [0.2, 0.25) is 10.0 Å². The van der Waals surface area contributed by atoms with Crippen LogP contribution in [0.4, 0.5) is 0 Å². The highest BCUT2D eigenvalue weighted by molar-refractivity contribution is 7.89. The summed E-state index contributed by atoms with van der Waals surface area (Å²) in [4.78, 5) is 0. The van der Waals surface area contributed by atoms with Gasteiger partial charge in [-0.05, 0) is 19.8 Å². The molecule has 0 aliphatic heterocycles. The molecule has 0 aliphatic carbocycles. The van der Waals surface area contributed by atoms with Crippen molar-refractivity contribution in [2.24, 2.45) is 0 Å². The van der Waals surface area contributed by atoms with Crippen molar-refractivity contribution in [3.05, 3.63) is 17.5 Å². The van der Waals surface area contributed by atoms with Crippen LogP contribution in [0.15, 0.2) is 10.6 Å². The van der Waals surface area contributed by atoms with Crippen LogP contribution in [0.3, 0.4) is 0 Å². The van der Waals surface area contributed by atoms with Gasteiger partial charge in [0.1, 0.15) is 0 Å². The molecule has 0 radical (unpaired) electrons. The first kappa shape index (κ1) is 13.1. The predicted molar refractivity (Wildman–Crippen MR) is 58.2 cm³/mol. The molecular formula is C9H16N2O4S. The van der Waals surface area contributed by atoms with Gasteiger partial charge < -0.3 is 9.63 Å². The fourth-order valence-electron chi connectivity index (χ4n) is 1.16. The zero-order valence-electron chi connectivity index (χ0n) is 9.14. The van der Waals surface area contributed by atoms with Crippen LogP contribution in [-0.2, 0) is 16.6 Å². The maximum Gasteiger partial charge on any atom is 0.212 e. The molecule has 0 unspecified atom stereocenters. The largest absolute Gasteiger partial charge is 0.396 e. The molecule has 1 aromatic rings. The minimum Gasteiger partial charge on any atom is -0.396 e. The third-order valence-electron chi connectivity index (χ3n) is 1.96. The molecule has 6 nitrogen and oxygen atoms in total. The molecule has 0 amide bonds. The quantitative estimate of drug-likeness (QED) is 0.671. The number of sulfonamides is 1. The Labute approximate surface area is 94.7 Å². The van der Waals surface area contributed by atoms with Crippen LogP contribution in [0.2, 0.25) is 0 Å². The molecule has 2 N–H and O–H groups in total. The topological polar surface area (TPSA) is 92.4 Å². The summed E-state index contributed by atoms with van der Waals surface area (Å²) in [6, 6.07) is 1.68. The summed E-state index contributed by atoms with van der Waals surface area (Å²) in [7, 11) is -3.29. The number of rotatable bonds is 7. The number of aromatic nitrogens is 1. The second kappa shape index (κ2) is 5.97. The average molecular weight is 248 g/mol. The summed E-state index contributed by atoms with van der Waals surface area (Å²) in [6.07, 6.45) is 0.934. The first-order valence-corrected chi connectivity index (χ1v) is 6.69. The van der Waals surface area contributed by atoms with Crippen molar-refractivity contribution in [2.45, 2.75) is 26.3 Å². The van der Waals surface area contributed by atoms with E-state index in [0.717, 1.165) is 5.69 Å². The van der Waals surface area contributed by atoms with Gasteiger partial charge in [0.05, 0.1) is 18.0 Å². The number of aryl methyl sites for hydroxylation is 1. The maximum atomic E-state index is 11.4. The Balaban J connectivity index is 2.36. The number of aliphatic hydroxyl groups is 1. The molecule has 0 fully saturated rings. The molecule has 16 heavy (non-hydrogen) atoms. The normalized spacial score (nSPS) is 11.9. The second-order valence-corrected chi connectivity index (χ2v) is 5.43. The van der Waals surface area contributed by atoms with Gasteiger partial charge >= 0.3 is 0 Å². The van der Waals surface area contributed by atoms with E-state index in [1.165, 1.54) is 0 Å². The van der Waals surface area contributed by atoms with E-state index >= 15 is 0 Å². The molecule has 7 heteroatoms. The maximum absolute atomic E-state index is 11.4. The SMILES string of the molecule is Cc1cc(CNS(=O)(=O)CCCCO)on1. The van der Waals surface area contributed by atoms with Crippen molar-refractivity contribution in [3.8, 4) is 0 Å². The minimum absolute atomic E-state index is 0.0107. The molecule has 0 atom stereocenters. The fraction of sp³-hybridized carbons (Fsp3) is 0.667. The first-order chi connectivity index (χ1) is 7.53. The highest BCUT2D eigenvalue weighted by atomic mass is 32.2. The Morgan fingerprint density at radius 2 is 2.25 bits per heavy atom. The third-order valence-corrected chi connectivity index (χ3v) is 3.37. The number of unbranched alkanes of at least 4 members (excludes halogenated alkanes) is 1. The number of hydrogen-bond donors (Lipinski definition) is 2. The zero-order valence-corrected chi connectivity index (χ0v) is 9.96. The monoisotopic (exact) mass is 248 g/mol. The van der Waals surface area contributed by atoms with E-state index in [2.05, 4.69) is 9.88 Å². The van der Waals surface area contributed by atoms with E-state index in [1.54, 1.807) is 13.0 Å². The predicted octanol–water partition coefficient (Wildman–Crippen LogP) is 0.175. The van der Waals surface area contributed by atoms with Gasteiger partial charge in [-0.2, -0.15) is 0 Å². The Bertz CT molecular complexity index is 413. The van der Waals surface area contributed by atoms with Crippen molar-refractivity contribution in [1.29, 1.82) is 0 Å². The molecule has 0 aliphatic rings. The Kier molecular flexibility index (Phi) is 4.91. The van der Waals surface area contributed by atoms with E-state index in [9.17, 15) is 8.42 Å². The van der Waals surface area contributed by atoms with Gasteiger partial charge in [-0.15, -0.1) is 0 Å².